The first kappa shape index (κ1) is 20.2. The fraction of sp³-hybridized carbons (Fsp3) is 0.240. The van der Waals surface area contributed by atoms with E-state index in [0.717, 1.165) is 53.7 Å². The number of benzene rings is 2. The standard InChI is InChI=1S/C25H23ClN6O/c1-17-15-31(12-11-30(17)16-18-6-4-7-19(26)14-18)25-27-21-9-3-2-8-20(21)23-28-29-24(32(23)25)22-10-5-13-33-22/h2-10,13-14,17H,11-12,15-16H2,1H3/t17-/m1/s1. The highest BCUT2D eigenvalue weighted by Gasteiger charge is 2.28. The minimum atomic E-state index is 0.338. The first-order chi connectivity index (χ1) is 16.2. The largest absolute Gasteiger partial charge is 0.461 e. The summed E-state index contributed by atoms with van der Waals surface area (Å²) < 4.78 is 7.69. The quantitative estimate of drug-likeness (QED) is 0.381. The van der Waals surface area contributed by atoms with Gasteiger partial charge in [0, 0.05) is 42.6 Å². The van der Waals surface area contributed by atoms with Gasteiger partial charge in [-0.3, -0.25) is 4.90 Å². The van der Waals surface area contributed by atoms with Gasteiger partial charge in [0.25, 0.3) is 0 Å². The van der Waals surface area contributed by atoms with Crippen molar-refractivity contribution in [3.63, 3.8) is 0 Å². The molecule has 0 spiro atoms. The predicted molar refractivity (Wildman–Crippen MR) is 130 cm³/mol. The van der Waals surface area contributed by atoms with Gasteiger partial charge in [-0.1, -0.05) is 35.9 Å². The molecule has 1 aliphatic rings. The summed E-state index contributed by atoms with van der Waals surface area (Å²) in [5.74, 6) is 2.18. The second kappa shape index (κ2) is 8.17. The smallest absolute Gasteiger partial charge is 0.213 e. The normalized spacial score (nSPS) is 17.3. The maximum atomic E-state index is 6.19. The molecule has 0 aliphatic carbocycles. The van der Waals surface area contributed by atoms with Crippen LogP contribution in [0.3, 0.4) is 0 Å². The molecule has 0 amide bonds. The highest BCUT2D eigenvalue weighted by Crippen LogP contribution is 2.30. The second-order valence-corrected chi connectivity index (χ2v) is 8.92. The number of hydrogen-bond donors (Lipinski definition) is 0. The van der Waals surface area contributed by atoms with E-state index in [1.165, 1.54) is 5.56 Å². The number of rotatable bonds is 4. The van der Waals surface area contributed by atoms with Crippen LogP contribution in [-0.2, 0) is 6.54 Å². The lowest BCUT2D eigenvalue weighted by Crippen LogP contribution is -2.52. The maximum absolute atomic E-state index is 6.19. The number of aromatic nitrogens is 4. The van der Waals surface area contributed by atoms with Gasteiger partial charge in [-0.15, -0.1) is 10.2 Å². The van der Waals surface area contributed by atoms with E-state index in [2.05, 4.69) is 33.0 Å². The molecule has 0 bridgehead atoms. The van der Waals surface area contributed by atoms with Gasteiger partial charge in [0.05, 0.1) is 11.8 Å². The molecule has 0 radical (unpaired) electrons. The second-order valence-electron chi connectivity index (χ2n) is 8.48. The van der Waals surface area contributed by atoms with E-state index in [1.54, 1.807) is 6.26 Å². The van der Waals surface area contributed by atoms with Crippen molar-refractivity contribution in [3.8, 4) is 11.6 Å². The number of furan rings is 1. The van der Waals surface area contributed by atoms with E-state index in [4.69, 9.17) is 21.0 Å². The van der Waals surface area contributed by atoms with E-state index in [-0.39, 0.29) is 0 Å². The molecule has 0 saturated carbocycles. The molecule has 1 atom stereocenters. The molecule has 5 aromatic rings. The summed E-state index contributed by atoms with van der Waals surface area (Å²) in [5, 5.41) is 10.7. The van der Waals surface area contributed by atoms with Gasteiger partial charge in [0.15, 0.2) is 11.4 Å². The van der Waals surface area contributed by atoms with Crippen molar-refractivity contribution >= 4 is 34.1 Å². The molecular formula is C25H23ClN6O. The van der Waals surface area contributed by atoms with Crippen LogP contribution in [-0.4, -0.2) is 50.2 Å². The average molecular weight is 459 g/mol. The van der Waals surface area contributed by atoms with Gasteiger partial charge in [-0.2, -0.15) is 0 Å². The number of anilines is 1. The molecule has 1 aliphatic heterocycles. The van der Waals surface area contributed by atoms with Crippen LogP contribution in [0.2, 0.25) is 5.02 Å². The Morgan fingerprint density at radius 2 is 1.94 bits per heavy atom. The molecule has 6 rings (SSSR count). The molecule has 0 unspecified atom stereocenters. The van der Waals surface area contributed by atoms with E-state index < -0.39 is 0 Å². The third-order valence-electron chi connectivity index (χ3n) is 6.29. The monoisotopic (exact) mass is 458 g/mol. The van der Waals surface area contributed by atoms with Crippen LogP contribution in [0.1, 0.15) is 12.5 Å². The van der Waals surface area contributed by atoms with Crippen LogP contribution in [0.5, 0.6) is 0 Å². The number of fused-ring (bicyclic) bond motifs is 3. The first-order valence-electron chi connectivity index (χ1n) is 11.1. The van der Waals surface area contributed by atoms with Crippen molar-refractivity contribution in [2.45, 2.75) is 19.5 Å². The van der Waals surface area contributed by atoms with Crippen molar-refractivity contribution in [2.24, 2.45) is 0 Å². The van der Waals surface area contributed by atoms with Crippen LogP contribution in [0.4, 0.5) is 5.95 Å². The Balaban J connectivity index is 1.38. The predicted octanol–water partition coefficient (Wildman–Crippen LogP) is 4.90. The summed E-state index contributed by atoms with van der Waals surface area (Å²) in [4.78, 5) is 9.87. The Labute approximate surface area is 196 Å². The first-order valence-corrected chi connectivity index (χ1v) is 11.5. The average Bonchev–Trinajstić information content (AvgIpc) is 3.50. The summed E-state index contributed by atoms with van der Waals surface area (Å²) in [6.07, 6.45) is 1.65. The maximum Gasteiger partial charge on any atom is 0.213 e. The van der Waals surface area contributed by atoms with E-state index in [9.17, 15) is 0 Å². The van der Waals surface area contributed by atoms with Crippen molar-refractivity contribution < 1.29 is 4.42 Å². The zero-order chi connectivity index (χ0) is 22.4. The zero-order valence-corrected chi connectivity index (χ0v) is 19.0. The van der Waals surface area contributed by atoms with Gasteiger partial charge in [0.2, 0.25) is 11.8 Å². The fourth-order valence-electron chi connectivity index (χ4n) is 4.63. The SMILES string of the molecule is C[C@@H]1CN(c2nc3ccccc3c3nnc(-c4ccco4)n23)CCN1Cc1cccc(Cl)c1. The molecule has 2 aromatic carbocycles. The van der Waals surface area contributed by atoms with Crippen molar-refractivity contribution in [2.75, 3.05) is 24.5 Å². The number of hydrogen-bond acceptors (Lipinski definition) is 6. The van der Waals surface area contributed by atoms with E-state index in [0.29, 0.717) is 17.6 Å². The van der Waals surface area contributed by atoms with Gasteiger partial charge in [0.1, 0.15) is 0 Å². The molecule has 8 heteroatoms. The highest BCUT2D eigenvalue weighted by atomic mass is 35.5. The molecule has 7 nitrogen and oxygen atoms in total. The minimum absolute atomic E-state index is 0.338. The highest BCUT2D eigenvalue weighted by molar-refractivity contribution is 6.30. The van der Waals surface area contributed by atoms with Crippen molar-refractivity contribution in [1.82, 2.24) is 24.5 Å². The molecule has 1 fully saturated rings. The van der Waals surface area contributed by atoms with E-state index >= 15 is 0 Å². The molecule has 33 heavy (non-hydrogen) atoms. The van der Waals surface area contributed by atoms with Gasteiger partial charge in [-0.25, -0.2) is 9.38 Å². The number of piperazine rings is 1. The molecule has 1 saturated heterocycles. The van der Waals surface area contributed by atoms with Gasteiger partial charge < -0.3 is 9.32 Å². The summed E-state index contributed by atoms with van der Waals surface area (Å²) in [7, 11) is 0. The third-order valence-corrected chi connectivity index (χ3v) is 6.53. The van der Waals surface area contributed by atoms with E-state index in [1.807, 2.05) is 59.0 Å². The van der Waals surface area contributed by atoms with Crippen LogP contribution < -0.4 is 4.90 Å². The molecule has 4 heterocycles. The summed E-state index contributed by atoms with van der Waals surface area (Å²) in [5.41, 5.74) is 2.93. The minimum Gasteiger partial charge on any atom is -0.461 e. The number of para-hydroxylation sites is 1. The lowest BCUT2D eigenvalue weighted by Gasteiger charge is -2.40. The Hall–Kier alpha value is -3.42. The topological polar surface area (TPSA) is 62.7 Å². The Kier molecular flexibility index (Phi) is 5.00. The van der Waals surface area contributed by atoms with Crippen LogP contribution in [0.15, 0.2) is 71.3 Å². The zero-order valence-electron chi connectivity index (χ0n) is 18.2. The summed E-state index contributed by atoms with van der Waals surface area (Å²) >= 11 is 6.19. The Morgan fingerprint density at radius 3 is 2.76 bits per heavy atom. The summed E-state index contributed by atoms with van der Waals surface area (Å²) in [6, 6.07) is 20.3. The van der Waals surface area contributed by atoms with Crippen LogP contribution >= 0.6 is 11.6 Å². The van der Waals surface area contributed by atoms with Crippen molar-refractivity contribution in [1.29, 1.82) is 0 Å². The number of halogens is 1. The van der Waals surface area contributed by atoms with Crippen LogP contribution in [0, 0.1) is 0 Å². The molecule has 0 N–H and O–H groups in total. The Bertz CT molecular complexity index is 1430. The van der Waals surface area contributed by atoms with Crippen LogP contribution in [0.25, 0.3) is 28.1 Å². The van der Waals surface area contributed by atoms with Gasteiger partial charge in [-0.05, 0) is 48.9 Å². The molecule has 3 aromatic heterocycles. The lowest BCUT2D eigenvalue weighted by molar-refractivity contribution is 0.180. The lowest BCUT2D eigenvalue weighted by atomic mass is 10.1. The fourth-order valence-corrected chi connectivity index (χ4v) is 4.84. The molecule has 166 valence electrons. The third kappa shape index (κ3) is 3.63. The van der Waals surface area contributed by atoms with Crippen molar-refractivity contribution in [3.05, 3.63) is 77.5 Å². The Morgan fingerprint density at radius 1 is 1.03 bits per heavy atom. The van der Waals surface area contributed by atoms with Gasteiger partial charge >= 0.3 is 0 Å². The summed E-state index contributed by atoms with van der Waals surface area (Å²) in [6.45, 7) is 5.74. The number of nitrogens with zero attached hydrogens (tertiary/aromatic N) is 6. The molecular weight excluding hydrogens is 436 g/mol.